The van der Waals surface area contributed by atoms with Crippen molar-refractivity contribution >= 4 is 21.6 Å². The number of thiazole rings is 1. The van der Waals surface area contributed by atoms with E-state index < -0.39 is 0 Å². The summed E-state index contributed by atoms with van der Waals surface area (Å²) in [6, 6.07) is 19.3. The topological polar surface area (TPSA) is 53.4 Å². The van der Waals surface area contributed by atoms with E-state index >= 15 is 0 Å². The summed E-state index contributed by atoms with van der Waals surface area (Å²) in [6.45, 7) is 8.86. The normalized spacial score (nSPS) is 26.2. The Kier molecular flexibility index (Phi) is 10.9. The number of aliphatic hydroxyl groups is 2. The van der Waals surface area contributed by atoms with Crippen molar-refractivity contribution in [3.05, 3.63) is 54.6 Å². The Balaban J connectivity index is 0.000000209. The molecule has 0 amide bonds. The average molecular weight is 699 g/mol. The summed E-state index contributed by atoms with van der Waals surface area (Å²) < 4.78 is 1.23. The van der Waals surface area contributed by atoms with Gasteiger partial charge in [0.1, 0.15) is 0 Å². The molecule has 205 valence electrons. The van der Waals surface area contributed by atoms with Crippen molar-refractivity contribution in [2.45, 2.75) is 97.7 Å². The number of hydrogen-bond acceptors (Lipinski definition) is 4. The van der Waals surface area contributed by atoms with Gasteiger partial charge in [-0.05, 0) is 80.2 Å². The quantitative estimate of drug-likeness (QED) is 0.264. The monoisotopic (exact) mass is 699 g/mol. The third kappa shape index (κ3) is 6.07. The molecule has 2 aliphatic carbocycles. The SMILES string of the molecule is CCC1(CC)CCCC2CCC(CC)(CC)C(O)C2C1O.[Ir].[c-]1ccccc1-c1nc2ccccc2s1. The number of para-hydroxylation sites is 1. The fourth-order valence-corrected chi connectivity index (χ4v) is 8.03. The zero-order chi connectivity index (χ0) is 25.8. The number of rotatable bonds is 5. The third-order valence-electron chi connectivity index (χ3n) is 9.84. The summed E-state index contributed by atoms with van der Waals surface area (Å²) in [5.74, 6) is 0.627. The van der Waals surface area contributed by atoms with E-state index in [0.717, 1.165) is 54.6 Å². The zero-order valence-electron chi connectivity index (χ0n) is 22.9. The van der Waals surface area contributed by atoms with Gasteiger partial charge in [-0.15, -0.1) is 35.9 Å². The molecular weight excluding hydrogens is 655 g/mol. The first kappa shape index (κ1) is 30.4. The van der Waals surface area contributed by atoms with Crippen molar-refractivity contribution in [2.24, 2.45) is 22.7 Å². The van der Waals surface area contributed by atoms with Crippen LogP contribution in [0, 0.1) is 28.7 Å². The van der Waals surface area contributed by atoms with Crippen LogP contribution in [0.15, 0.2) is 48.5 Å². The van der Waals surface area contributed by atoms with Gasteiger partial charge in [0, 0.05) is 35.7 Å². The average Bonchev–Trinajstić information content (AvgIpc) is 3.31. The minimum atomic E-state index is -0.326. The summed E-state index contributed by atoms with van der Waals surface area (Å²) >= 11 is 1.71. The second-order valence-electron chi connectivity index (χ2n) is 11.1. The van der Waals surface area contributed by atoms with E-state index in [1.54, 1.807) is 11.3 Å². The molecule has 1 radical (unpaired) electrons. The summed E-state index contributed by atoms with van der Waals surface area (Å²) in [4.78, 5) is 4.57. The molecule has 0 spiro atoms. The van der Waals surface area contributed by atoms with Crippen LogP contribution in [0.5, 0.6) is 0 Å². The molecule has 1 aromatic heterocycles. The molecule has 2 saturated carbocycles. The Morgan fingerprint density at radius 1 is 0.865 bits per heavy atom. The maximum atomic E-state index is 11.2. The molecule has 3 nitrogen and oxygen atoms in total. The molecule has 5 heteroatoms. The van der Waals surface area contributed by atoms with Gasteiger partial charge in [0.2, 0.25) is 0 Å². The molecule has 3 aromatic rings. The van der Waals surface area contributed by atoms with Gasteiger partial charge in [-0.2, -0.15) is 11.3 Å². The summed E-state index contributed by atoms with van der Waals surface area (Å²) in [5.41, 5.74) is 2.21. The van der Waals surface area contributed by atoms with Crippen LogP contribution in [0.4, 0.5) is 0 Å². The Bertz CT molecular complexity index is 1060. The smallest absolute Gasteiger partial charge is 0.0697 e. The van der Waals surface area contributed by atoms with Gasteiger partial charge < -0.3 is 10.2 Å². The molecule has 2 aliphatic rings. The second-order valence-corrected chi connectivity index (χ2v) is 12.1. The Hall–Kier alpha value is -1.10. The second kappa shape index (κ2) is 13.3. The van der Waals surface area contributed by atoms with Crippen LogP contribution >= 0.6 is 11.3 Å². The maximum Gasteiger partial charge on any atom is 0.0697 e. The standard InChI is InChI=1S/C19H36O2.C13H8NS.Ir/c1-5-18(6-2)12-9-10-14-11-13-19(7-3,8-4)17(21)15(14)16(18)20;1-2-6-10(7-3-1)13-14-11-8-4-5-9-12(11)15-13;/h14-17,20-21H,5-13H2,1-4H3;1-6,8-9H;/q;-1;. The van der Waals surface area contributed by atoms with Gasteiger partial charge in [0.25, 0.3) is 0 Å². The van der Waals surface area contributed by atoms with E-state index in [9.17, 15) is 10.2 Å². The molecule has 2 N–H and O–H groups in total. The maximum absolute atomic E-state index is 11.2. The van der Waals surface area contributed by atoms with Crippen molar-refractivity contribution in [3.63, 3.8) is 0 Å². The fraction of sp³-hybridized carbons (Fsp3) is 0.594. The van der Waals surface area contributed by atoms with Crippen LogP contribution in [-0.4, -0.2) is 27.4 Å². The first-order valence-corrected chi connectivity index (χ1v) is 14.9. The fourth-order valence-electron chi connectivity index (χ4n) is 7.08. The Morgan fingerprint density at radius 2 is 1.49 bits per heavy atom. The molecule has 0 aliphatic heterocycles. The van der Waals surface area contributed by atoms with Crippen molar-refractivity contribution in [1.82, 2.24) is 4.98 Å². The van der Waals surface area contributed by atoms with Crippen molar-refractivity contribution < 1.29 is 30.3 Å². The van der Waals surface area contributed by atoms with Crippen LogP contribution in [0.3, 0.4) is 0 Å². The van der Waals surface area contributed by atoms with Crippen LogP contribution in [0.25, 0.3) is 20.8 Å². The molecule has 0 saturated heterocycles. The number of hydrogen-bond donors (Lipinski definition) is 2. The van der Waals surface area contributed by atoms with Crippen molar-refractivity contribution in [3.8, 4) is 10.6 Å². The van der Waals surface area contributed by atoms with Crippen LogP contribution in [0.2, 0.25) is 0 Å². The molecule has 2 aromatic carbocycles. The zero-order valence-corrected chi connectivity index (χ0v) is 26.1. The van der Waals surface area contributed by atoms with Crippen molar-refractivity contribution in [1.29, 1.82) is 0 Å². The Morgan fingerprint density at radius 3 is 2.08 bits per heavy atom. The molecule has 0 bridgehead atoms. The van der Waals surface area contributed by atoms with Gasteiger partial charge >= 0.3 is 0 Å². The van der Waals surface area contributed by atoms with E-state index in [-0.39, 0.29) is 49.1 Å². The molecule has 1 heterocycles. The van der Waals surface area contributed by atoms with E-state index in [1.165, 1.54) is 24.0 Å². The van der Waals surface area contributed by atoms with Gasteiger partial charge in [-0.3, -0.25) is 4.98 Å². The van der Waals surface area contributed by atoms with E-state index in [2.05, 4.69) is 44.8 Å². The van der Waals surface area contributed by atoms with Crippen LogP contribution in [0.1, 0.15) is 85.5 Å². The Labute approximate surface area is 241 Å². The largest absolute Gasteiger partial charge is 0.392 e. The predicted octanol–water partition coefficient (Wildman–Crippen LogP) is 8.29. The number of fused-ring (bicyclic) bond motifs is 2. The molecule has 4 atom stereocenters. The number of aromatic nitrogens is 1. The van der Waals surface area contributed by atoms with Crippen LogP contribution in [-0.2, 0) is 20.1 Å². The van der Waals surface area contributed by atoms with Gasteiger partial charge in [0.15, 0.2) is 0 Å². The van der Waals surface area contributed by atoms with Crippen molar-refractivity contribution in [2.75, 3.05) is 0 Å². The predicted molar refractivity (Wildman–Crippen MR) is 152 cm³/mol. The molecule has 37 heavy (non-hydrogen) atoms. The van der Waals surface area contributed by atoms with Gasteiger partial charge in [0.05, 0.1) is 17.7 Å². The number of nitrogens with zero attached hydrogens (tertiary/aromatic N) is 1. The summed E-state index contributed by atoms with van der Waals surface area (Å²) in [7, 11) is 0. The van der Waals surface area contributed by atoms with Crippen LogP contribution < -0.4 is 0 Å². The van der Waals surface area contributed by atoms with E-state index in [1.807, 2.05) is 42.5 Å². The minimum absolute atomic E-state index is 0. The summed E-state index contributed by atoms with van der Waals surface area (Å²) in [6.07, 6.45) is 9.37. The van der Waals surface area contributed by atoms with E-state index in [0.29, 0.717) is 5.92 Å². The summed E-state index contributed by atoms with van der Waals surface area (Å²) in [5, 5.41) is 23.4. The molecule has 2 fully saturated rings. The number of aliphatic hydroxyl groups excluding tert-OH is 2. The first-order valence-electron chi connectivity index (χ1n) is 14.1. The minimum Gasteiger partial charge on any atom is -0.392 e. The van der Waals surface area contributed by atoms with Gasteiger partial charge in [-0.1, -0.05) is 46.2 Å². The molecule has 5 rings (SSSR count). The number of benzene rings is 2. The van der Waals surface area contributed by atoms with E-state index in [4.69, 9.17) is 0 Å². The first-order chi connectivity index (χ1) is 17.4. The van der Waals surface area contributed by atoms with Gasteiger partial charge in [-0.25, -0.2) is 0 Å². The molecular formula is C32H44IrNO2S-. The third-order valence-corrected chi connectivity index (χ3v) is 10.9. The molecule has 4 unspecified atom stereocenters.